The molecule has 4 atom stereocenters. The van der Waals surface area contributed by atoms with E-state index in [2.05, 4.69) is 43.1 Å². The lowest BCUT2D eigenvalue weighted by Gasteiger charge is -2.42. The molecule has 0 amide bonds. The van der Waals surface area contributed by atoms with Crippen molar-refractivity contribution in [3.05, 3.63) is 64.6 Å². The molecule has 40 heavy (non-hydrogen) atoms. The average Bonchev–Trinajstić information content (AvgIpc) is 3.10. The van der Waals surface area contributed by atoms with Gasteiger partial charge in [-0.15, -0.1) is 9.24 Å². The Morgan fingerprint density at radius 2 is 1.82 bits per heavy atom. The number of hydrogen-bond donors (Lipinski definition) is 1. The fourth-order valence-corrected chi connectivity index (χ4v) is 6.94. The molecule has 0 saturated heterocycles. The molecule has 2 unspecified atom stereocenters. The predicted molar refractivity (Wildman–Crippen MR) is 159 cm³/mol. The Balaban J connectivity index is 1.74. The molecule has 4 nitrogen and oxygen atoms in total. The number of para-hydroxylation sites is 1. The highest BCUT2D eigenvalue weighted by Crippen LogP contribution is 2.44. The number of nitrogens with zero attached hydrogens (tertiary/aromatic N) is 2. The zero-order valence-corrected chi connectivity index (χ0v) is 26.1. The first kappa shape index (κ1) is 31.2. The monoisotopic (exact) mass is 592 g/mol. The number of alkyl halides is 3. The highest BCUT2D eigenvalue weighted by molar-refractivity contribution is 7.27. The van der Waals surface area contributed by atoms with E-state index in [0.717, 1.165) is 10.9 Å². The topological polar surface area (TPSA) is 37.6 Å². The second-order valence-electron chi connectivity index (χ2n) is 12.4. The van der Waals surface area contributed by atoms with E-state index in [1.54, 1.807) is 13.0 Å². The van der Waals surface area contributed by atoms with Crippen LogP contribution >= 0.6 is 9.24 Å². The molecule has 0 saturated carbocycles. The number of halogens is 4. The van der Waals surface area contributed by atoms with Crippen LogP contribution in [0, 0.1) is 5.82 Å². The molecule has 1 N–H and O–H groups in total. The third-order valence-electron chi connectivity index (χ3n) is 8.58. The highest BCUT2D eigenvalue weighted by atomic mass is 31.0. The first-order valence-corrected chi connectivity index (χ1v) is 17.0. The van der Waals surface area contributed by atoms with E-state index in [9.17, 15) is 18.3 Å². The van der Waals surface area contributed by atoms with Crippen LogP contribution in [-0.2, 0) is 10.8 Å². The normalized spacial score (nSPS) is 19.7. The standard InChI is InChI=1S/C29H38BF4N2O2PSi/c1-17-13-20-19-9-7-8-10-22(19)36(30)26(20)27(35(17)16-29(32,33)34)25-21(31)14-18(15-24(25)39)23(37)11-12-38-40(5,6)28(2,3)4/h7-10,14-15,17,23,27,37H,11-13,16,39H2,1-6H3/t17-,23?,27-/m1/s1. The van der Waals surface area contributed by atoms with Crippen molar-refractivity contribution in [2.75, 3.05) is 13.2 Å². The smallest absolute Gasteiger partial charge is 0.401 e. The van der Waals surface area contributed by atoms with Crippen LogP contribution in [0.3, 0.4) is 0 Å². The summed E-state index contributed by atoms with van der Waals surface area (Å²) in [6, 6.07) is 8.65. The number of aromatic nitrogens is 1. The van der Waals surface area contributed by atoms with Gasteiger partial charge in [0, 0.05) is 34.8 Å². The Labute approximate surface area is 238 Å². The van der Waals surface area contributed by atoms with Crippen molar-refractivity contribution in [3.63, 3.8) is 0 Å². The molecule has 216 valence electrons. The SMILES string of the molecule is [B]n1c2c(c3ccccc31)C[C@@H](C)N(CC(F)(F)F)[C@@H]2c1c(F)cc(C(O)CCO[Si](C)(C)C(C)(C)C)cc1P. The van der Waals surface area contributed by atoms with Gasteiger partial charge in [0.15, 0.2) is 8.32 Å². The van der Waals surface area contributed by atoms with E-state index in [1.807, 2.05) is 24.3 Å². The number of aliphatic hydroxyl groups is 1. The van der Waals surface area contributed by atoms with Gasteiger partial charge in [0.25, 0.3) is 0 Å². The quantitative estimate of drug-likeness (QED) is 0.192. The minimum Gasteiger partial charge on any atom is -0.417 e. The number of rotatable bonds is 7. The number of fused-ring (bicyclic) bond motifs is 3. The van der Waals surface area contributed by atoms with E-state index in [4.69, 9.17) is 12.4 Å². The molecule has 0 fully saturated rings. The van der Waals surface area contributed by atoms with Gasteiger partial charge in [0.05, 0.1) is 18.7 Å². The summed E-state index contributed by atoms with van der Waals surface area (Å²) in [6.07, 6.45) is -4.85. The Kier molecular flexibility index (Phi) is 8.73. The molecule has 11 heteroatoms. The largest absolute Gasteiger partial charge is 0.417 e. The van der Waals surface area contributed by atoms with E-state index in [0.29, 0.717) is 35.1 Å². The van der Waals surface area contributed by atoms with Gasteiger partial charge in [-0.1, -0.05) is 39.0 Å². The molecule has 2 aromatic carbocycles. The number of aliphatic hydroxyl groups excluding tert-OH is 1. The van der Waals surface area contributed by atoms with E-state index >= 15 is 4.39 Å². The number of benzene rings is 2. The molecular weight excluding hydrogens is 554 g/mol. The Morgan fingerprint density at radius 1 is 1.18 bits per heavy atom. The van der Waals surface area contributed by atoms with Crippen molar-refractivity contribution >= 4 is 41.7 Å². The zero-order chi connectivity index (χ0) is 29.8. The Bertz CT molecular complexity index is 1370. The Morgan fingerprint density at radius 3 is 2.42 bits per heavy atom. The molecule has 2 heterocycles. The maximum Gasteiger partial charge on any atom is 0.401 e. The molecule has 0 bridgehead atoms. The van der Waals surface area contributed by atoms with Gasteiger partial charge < -0.3 is 14.0 Å². The summed E-state index contributed by atoms with van der Waals surface area (Å²) in [4.78, 5) is 1.28. The molecule has 1 aliphatic rings. The van der Waals surface area contributed by atoms with Crippen molar-refractivity contribution in [2.45, 2.75) is 83.0 Å². The summed E-state index contributed by atoms with van der Waals surface area (Å²) in [5, 5.41) is 12.1. The molecule has 1 aliphatic heterocycles. The maximum absolute atomic E-state index is 16.0. The number of hydrogen-bond acceptors (Lipinski definition) is 3. The van der Waals surface area contributed by atoms with Crippen LogP contribution in [0.1, 0.15) is 68.6 Å². The second-order valence-corrected chi connectivity index (χ2v) is 17.8. The lowest BCUT2D eigenvalue weighted by molar-refractivity contribution is -0.155. The molecule has 2 radical (unpaired) electrons. The zero-order valence-electron chi connectivity index (χ0n) is 23.9. The van der Waals surface area contributed by atoms with Gasteiger partial charge >= 0.3 is 6.18 Å². The summed E-state index contributed by atoms with van der Waals surface area (Å²) in [7, 11) is 6.93. The van der Waals surface area contributed by atoms with Gasteiger partial charge in [-0.2, -0.15) is 13.2 Å². The van der Waals surface area contributed by atoms with Gasteiger partial charge in [-0.05, 0) is 72.5 Å². The van der Waals surface area contributed by atoms with Crippen LogP contribution in [0.2, 0.25) is 18.1 Å². The highest BCUT2D eigenvalue weighted by Gasteiger charge is 2.44. The van der Waals surface area contributed by atoms with Crippen molar-refractivity contribution in [3.8, 4) is 0 Å². The molecule has 1 aromatic heterocycles. The van der Waals surface area contributed by atoms with Crippen molar-refractivity contribution in [2.24, 2.45) is 0 Å². The first-order chi connectivity index (χ1) is 18.4. The fourth-order valence-electron chi connectivity index (χ4n) is 5.39. The van der Waals surface area contributed by atoms with Crippen LogP contribution in [0.25, 0.3) is 10.9 Å². The minimum atomic E-state index is -4.49. The summed E-state index contributed by atoms with van der Waals surface area (Å²) in [5.74, 6) is -0.686. The third kappa shape index (κ3) is 6.07. The summed E-state index contributed by atoms with van der Waals surface area (Å²) in [5.41, 5.74) is 2.40. The van der Waals surface area contributed by atoms with Crippen LogP contribution in [-0.4, -0.2) is 56.2 Å². The van der Waals surface area contributed by atoms with Crippen LogP contribution in [0.4, 0.5) is 17.6 Å². The van der Waals surface area contributed by atoms with Gasteiger partial charge in [0.2, 0.25) is 7.98 Å². The first-order valence-electron chi connectivity index (χ1n) is 13.5. The van der Waals surface area contributed by atoms with Crippen molar-refractivity contribution in [1.82, 2.24) is 9.38 Å². The van der Waals surface area contributed by atoms with Crippen LogP contribution in [0.15, 0.2) is 36.4 Å². The van der Waals surface area contributed by atoms with Crippen LogP contribution < -0.4 is 5.30 Å². The second kappa shape index (κ2) is 11.2. The molecule has 4 rings (SSSR count). The predicted octanol–water partition coefficient (Wildman–Crippen LogP) is 6.56. The lowest BCUT2D eigenvalue weighted by atomic mass is 9.87. The summed E-state index contributed by atoms with van der Waals surface area (Å²) < 4.78 is 65.0. The van der Waals surface area contributed by atoms with Crippen molar-refractivity contribution < 1.29 is 27.1 Å². The van der Waals surface area contributed by atoms with Gasteiger partial charge in [-0.3, -0.25) is 4.90 Å². The fraction of sp³-hybridized carbons (Fsp3) is 0.517. The lowest BCUT2D eigenvalue weighted by Crippen LogP contribution is -2.48. The molecule has 3 aromatic rings. The third-order valence-corrected chi connectivity index (χ3v) is 13.6. The minimum absolute atomic E-state index is 0.0165. The summed E-state index contributed by atoms with van der Waals surface area (Å²) >= 11 is 0. The van der Waals surface area contributed by atoms with E-state index in [-0.39, 0.29) is 17.0 Å². The van der Waals surface area contributed by atoms with Crippen LogP contribution in [0.5, 0.6) is 0 Å². The van der Waals surface area contributed by atoms with Gasteiger partial charge in [0.1, 0.15) is 5.82 Å². The molecular formula is C29H38BF4N2O2PSi. The van der Waals surface area contributed by atoms with E-state index in [1.165, 1.54) is 15.4 Å². The van der Waals surface area contributed by atoms with Gasteiger partial charge in [-0.25, -0.2) is 4.39 Å². The molecule has 0 spiro atoms. The maximum atomic E-state index is 16.0. The van der Waals surface area contributed by atoms with E-state index < -0.39 is 45.0 Å². The molecule has 0 aliphatic carbocycles. The average molecular weight is 592 g/mol. The summed E-state index contributed by atoms with van der Waals surface area (Å²) in [6.45, 7) is 11.5. The Hall–Kier alpha value is -1.71. The van der Waals surface area contributed by atoms with Crippen molar-refractivity contribution in [1.29, 1.82) is 0 Å².